The van der Waals surface area contributed by atoms with Crippen molar-refractivity contribution in [2.75, 3.05) is 11.1 Å². The Kier molecular flexibility index (Phi) is 6.62. The average molecular weight is 378 g/mol. The third kappa shape index (κ3) is 5.22. The number of carboxylic acid groups (broad SMARTS) is 1. The minimum Gasteiger partial charge on any atom is -0.489 e. The molecular weight excluding hydrogens is 356 g/mol. The molecule has 0 saturated heterocycles. The van der Waals surface area contributed by atoms with Crippen molar-refractivity contribution >= 4 is 29.3 Å². The molecule has 0 unspecified atom stereocenters. The summed E-state index contributed by atoms with van der Waals surface area (Å²) in [5.41, 5.74) is 0.401. The zero-order chi connectivity index (χ0) is 19.3. The van der Waals surface area contributed by atoms with Gasteiger partial charge < -0.3 is 19.7 Å². The van der Waals surface area contributed by atoms with Crippen LogP contribution in [0.25, 0.3) is 0 Å². The van der Waals surface area contributed by atoms with E-state index >= 15 is 0 Å². The largest absolute Gasteiger partial charge is 0.489 e. The van der Waals surface area contributed by atoms with Gasteiger partial charge in [0, 0.05) is 6.04 Å². The fourth-order valence-electron chi connectivity index (χ4n) is 2.12. The van der Waals surface area contributed by atoms with Crippen molar-refractivity contribution in [1.82, 2.24) is 14.8 Å². The summed E-state index contributed by atoms with van der Waals surface area (Å²) in [5, 5.41) is 20.4. The third-order valence-electron chi connectivity index (χ3n) is 3.29. The van der Waals surface area contributed by atoms with Crippen molar-refractivity contribution in [3.8, 4) is 5.75 Å². The van der Waals surface area contributed by atoms with E-state index < -0.39 is 5.97 Å². The van der Waals surface area contributed by atoms with Crippen LogP contribution in [-0.2, 0) is 4.79 Å². The number of aromatic carboxylic acids is 1. The van der Waals surface area contributed by atoms with Gasteiger partial charge in [0.05, 0.1) is 23.1 Å². The predicted molar refractivity (Wildman–Crippen MR) is 98.9 cm³/mol. The lowest BCUT2D eigenvalue weighted by molar-refractivity contribution is -0.113. The first-order valence-electron chi connectivity index (χ1n) is 8.14. The van der Waals surface area contributed by atoms with E-state index in [0.717, 1.165) is 0 Å². The molecule has 2 rings (SSSR count). The molecule has 0 fully saturated rings. The number of carboxylic acids is 1. The Morgan fingerprint density at radius 2 is 2.04 bits per heavy atom. The summed E-state index contributed by atoms with van der Waals surface area (Å²) in [7, 11) is 0. The van der Waals surface area contributed by atoms with Crippen LogP contribution in [0.2, 0.25) is 0 Å². The molecule has 0 spiro atoms. The van der Waals surface area contributed by atoms with Crippen molar-refractivity contribution in [3.63, 3.8) is 0 Å². The minimum absolute atomic E-state index is 0.0728. The van der Waals surface area contributed by atoms with Gasteiger partial charge in [0.2, 0.25) is 5.91 Å². The van der Waals surface area contributed by atoms with Gasteiger partial charge in [0.15, 0.2) is 5.16 Å². The number of nitrogens with one attached hydrogen (secondary N) is 1. The maximum Gasteiger partial charge on any atom is 0.335 e. The van der Waals surface area contributed by atoms with Gasteiger partial charge in [-0.05, 0) is 45.9 Å². The van der Waals surface area contributed by atoms with Gasteiger partial charge in [-0.1, -0.05) is 11.8 Å². The van der Waals surface area contributed by atoms with Gasteiger partial charge in [-0.2, -0.15) is 0 Å². The zero-order valence-corrected chi connectivity index (χ0v) is 15.9. The van der Waals surface area contributed by atoms with Crippen molar-refractivity contribution in [2.45, 2.75) is 45.0 Å². The number of anilines is 1. The van der Waals surface area contributed by atoms with E-state index in [2.05, 4.69) is 15.5 Å². The topological polar surface area (TPSA) is 106 Å². The highest BCUT2D eigenvalue weighted by atomic mass is 32.2. The molecule has 0 bridgehead atoms. The Morgan fingerprint density at radius 3 is 2.65 bits per heavy atom. The molecule has 2 aromatic rings. The van der Waals surface area contributed by atoms with E-state index in [9.17, 15) is 9.59 Å². The Balaban J connectivity index is 2.10. The first-order valence-corrected chi connectivity index (χ1v) is 9.12. The predicted octanol–water partition coefficient (Wildman–Crippen LogP) is 3.08. The molecule has 140 valence electrons. The number of hydrogen-bond acceptors (Lipinski definition) is 6. The molecule has 26 heavy (non-hydrogen) atoms. The van der Waals surface area contributed by atoms with Crippen LogP contribution in [0.5, 0.6) is 5.75 Å². The van der Waals surface area contributed by atoms with Crippen LogP contribution in [-0.4, -0.2) is 43.6 Å². The highest BCUT2D eigenvalue weighted by Crippen LogP contribution is 2.28. The van der Waals surface area contributed by atoms with Gasteiger partial charge in [-0.15, -0.1) is 10.2 Å². The van der Waals surface area contributed by atoms with Gasteiger partial charge in [0.1, 0.15) is 12.1 Å². The zero-order valence-electron chi connectivity index (χ0n) is 15.1. The molecule has 2 N–H and O–H groups in total. The van der Waals surface area contributed by atoms with E-state index in [1.54, 1.807) is 12.4 Å². The molecule has 1 amide bonds. The Hall–Kier alpha value is -2.55. The lowest BCUT2D eigenvalue weighted by atomic mass is 10.2. The fraction of sp³-hybridized carbons (Fsp3) is 0.412. The lowest BCUT2D eigenvalue weighted by Crippen LogP contribution is -2.17. The molecule has 0 saturated carbocycles. The standard InChI is InChI=1S/C17H22N4O4S/c1-10(2)21-9-18-20-17(21)26-8-15(22)19-13-7-12(16(23)24)5-6-14(13)25-11(3)4/h5-7,9-11H,8H2,1-4H3,(H,19,22)(H,23,24). The van der Waals surface area contributed by atoms with E-state index in [1.165, 1.54) is 23.9 Å². The normalized spacial score (nSPS) is 11.0. The quantitative estimate of drug-likeness (QED) is 0.680. The average Bonchev–Trinajstić information content (AvgIpc) is 3.02. The number of amides is 1. The molecule has 0 aliphatic rings. The smallest absolute Gasteiger partial charge is 0.335 e. The maximum absolute atomic E-state index is 12.3. The van der Waals surface area contributed by atoms with Crippen LogP contribution in [0.15, 0.2) is 29.7 Å². The summed E-state index contributed by atoms with van der Waals surface area (Å²) in [4.78, 5) is 23.5. The van der Waals surface area contributed by atoms with E-state index in [0.29, 0.717) is 16.6 Å². The van der Waals surface area contributed by atoms with E-state index in [4.69, 9.17) is 9.84 Å². The molecule has 1 heterocycles. The number of nitrogens with zero attached hydrogens (tertiary/aromatic N) is 3. The Bertz CT molecular complexity index is 789. The van der Waals surface area contributed by atoms with Crippen molar-refractivity contribution in [2.24, 2.45) is 0 Å². The number of aromatic nitrogens is 3. The Morgan fingerprint density at radius 1 is 1.31 bits per heavy atom. The number of thioether (sulfide) groups is 1. The lowest BCUT2D eigenvalue weighted by Gasteiger charge is -2.15. The summed E-state index contributed by atoms with van der Waals surface area (Å²) < 4.78 is 7.51. The van der Waals surface area contributed by atoms with Crippen LogP contribution in [0.3, 0.4) is 0 Å². The summed E-state index contributed by atoms with van der Waals surface area (Å²) >= 11 is 1.26. The second-order valence-corrected chi connectivity index (χ2v) is 7.08. The first kappa shape index (κ1) is 19.8. The summed E-state index contributed by atoms with van der Waals surface area (Å²) in [6.07, 6.45) is 1.51. The first-order chi connectivity index (χ1) is 12.3. The summed E-state index contributed by atoms with van der Waals surface area (Å²) in [6.45, 7) is 7.71. The molecule has 0 radical (unpaired) electrons. The monoisotopic (exact) mass is 378 g/mol. The van der Waals surface area contributed by atoms with Gasteiger partial charge in [-0.25, -0.2) is 4.79 Å². The number of benzene rings is 1. The second kappa shape index (κ2) is 8.70. The van der Waals surface area contributed by atoms with Crippen LogP contribution in [0.1, 0.15) is 44.1 Å². The molecular formula is C17H22N4O4S. The molecule has 1 aromatic carbocycles. The number of carbonyl (C=O) groups is 2. The van der Waals surface area contributed by atoms with Gasteiger partial charge >= 0.3 is 5.97 Å². The molecule has 8 nitrogen and oxygen atoms in total. The SMILES string of the molecule is CC(C)Oc1ccc(C(=O)O)cc1NC(=O)CSc1nncn1C(C)C. The highest BCUT2D eigenvalue weighted by molar-refractivity contribution is 7.99. The van der Waals surface area contributed by atoms with Gasteiger partial charge in [-0.3, -0.25) is 4.79 Å². The van der Waals surface area contributed by atoms with Crippen molar-refractivity contribution in [3.05, 3.63) is 30.1 Å². The van der Waals surface area contributed by atoms with E-state index in [-0.39, 0.29) is 29.4 Å². The van der Waals surface area contributed by atoms with E-state index in [1.807, 2.05) is 32.3 Å². The van der Waals surface area contributed by atoms with Gasteiger partial charge in [0.25, 0.3) is 0 Å². The van der Waals surface area contributed by atoms with Crippen LogP contribution in [0, 0.1) is 0 Å². The molecule has 0 atom stereocenters. The minimum atomic E-state index is -1.07. The fourth-order valence-corrected chi connectivity index (χ4v) is 2.97. The second-order valence-electron chi connectivity index (χ2n) is 6.13. The maximum atomic E-state index is 12.3. The van der Waals surface area contributed by atoms with Crippen molar-refractivity contribution < 1.29 is 19.4 Å². The summed E-state index contributed by atoms with van der Waals surface area (Å²) in [5.74, 6) is -0.821. The molecule has 0 aliphatic heterocycles. The third-order valence-corrected chi connectivity index (χ3v) is 4.25. The van der Waals surface area contributed by atoms with Crippen molar-refractivity contribution in [1.29, 1.82) is 0 Å². The Labute approximate surface area is 156 Å². The number of carbonyl (C=O) groups excluding carboxylic acids is 1. The molecule has 1 aromatic heterocycles. The van der Waals surface area contributed by atoms with Crippen LogP contribution in [0.4, 0.5) is 5.69 Å². The number of rotatable bonds is 8. The molecule has 0 aliphatic carbocycles. The van der Waals surface area contributed by atoms with Crippen LogP contribution >= 0.6 is 11.8 Å². The van der Waals surface area contributed by atoms with Crippen LogP contribution < -0.4 is 10.1 Å². The molecule has 9 heteroatoms. The highest BCUT2D eigenvalue weighted by Gasteiger charge is 2.15. The summed E-state index contributed by atoms with van der Waals surface area (Å²) in [6, 6.07) is 4.56. The number of hydrogen-bond donors (Lipinski definition) is 2. The number of ether oxygens (including phenoxy) is 1.